The summed E-state index contributed by atoms with van der Waals surface area (Å²) in [5, 5.41) is 0. The maximum Gasteiger partial charge on any atom is 0.219 e. The van der Waals surface area contributed by atoms with Crippen LogP contribution in [0, 0.1) is 6.26 Å². The van der Waals surface area contributed by atoms with Crippen molar-refractivity contribution in [2.24, 2.45) is 0 Å². The van der Waals surface area contributed by atoms with Gasteiger partial charge in [-0.15, -0.1) is 11.8 Å². The fourth-order valence-electron chi connectivity index (χ4n) is 0. The number of thioether (sulfide) groups is 1. The summed E-state index contributed by atoms with van der Waals surface area (Å²) >= 11 is 5.42. The molecule has 5 heavy (non-hydrogen) atoms. The van der Waals surface area contributed by atoms with Crippen LogP contribution < -0.4 is 0 Å². The molecule has 0 saturated heterocycles. The van der Waals surface area contributed by atoms with E-state index in [1.54, 1.807) is 0 Å². The Kier molecular flexibility index (Phi) is 3.11. The predicted molar refractivity (Wildman–Crippen MR) is 23.7 cm³/mol. The minimum Gasteiger partial charge on any atom is -0.218 e. The van der Waals surface area contributed by atoms with E-state index in [-0.39, 0.29) is 0 Å². The standard InChI is InChI=1S/C2H3ClFS/c1-5-2(3)4/h2H,1H2. The first-order valence-electron chi connectivity index (χ1n) is 0.961. The summed E-state index contributed by atoms with van der Waals surface area (Å²) in [6, 6.07) is 0. The number of hydrogen-bond donors (Lipinski definition) is 0. The van der Waals surface area contributed by atoms with Crippen molar-refractivity contribution in [3.05, 3.63) is 6.26 Å². The zero-order valence-electron chi connectivity index (χ0n) is 2.45. The van der Waals surface area contributed by atoms with Crippen molar-refractivity contribution in [1.29, 1.82) is 0 Å². The van der Waals surface area contributed by atoms with Gasteiger partial charge in [0.25, 0.3) is 0 Å². The van der Waals surface area contributed by atoms with Gasteiger partial charge >= 0.3 is 0 Å². The Hall–Kier alpha value is 0.570. The van der Waals surface area contributed by atoms with Crippen molar-refractivity contribution in [3.63, 3.8) is 0 Å². The molecular weight excluding hydrogens is 111 g/mol. The summed E-state index contributed by atoms with van der Waals surface area (Å²) in [5.74, 6) is 0. The summed E-state index contributed by atoms with van der Waals surface area (Å²) in [6.07, 6.45) is 3.09. The molecule has 1 atom stereocenters. The lowest BCUT2D eigenvalue weighted by Gasteiger charge is -1.83. The van der Waals surface area contributed by atoms with E-state index in [0.29, 0.717) is 0 Å². The Labute approximate surface area is 39.7 Å². The van der Waals surface area contributed by atoms with Gasteiger partial charge in [0.15, 0.2) is 0 Å². The van der Waals surface area contributed by atoms with Crippen LogP contribution in [0.15, 0.2) is 0 Å². The second-order valence-corrected chi connectivity index (χ2v) is 1.82. The number of halogens is 2. The second kappa shape index (κ2) is 2.79. The fourth-order valence-corrected chi connectivity index (χ4v) is 0. The largest absolute Gasteiger partial charge is 0.219 e. The fraction of sp³-hybridized carbons (Fsp3) is 0.500. The summed E-state index contributed by atoms with van der Waals surface area (Å²) < 4.78 is 11.1. The van der Waals surface area contributed by atoms with Crippen LogP contribution in [0.25, 0.3) is 0 Å². The van der Waals surface area contributed by atoms with Crippen molar-refractivity contribution >= 4 is 23.4 Å². The Bertz CT molecular complexity index is 23.6. The first kappa shape index (κ1) is 5.57. The molecule has 0 spiro atoms. The van der Waals surface area contributed by atoms with Crippen LogP contribution in [0.3, 0.4) is 0 Å². The monoisotopic (exact) mass is 113 g/mol. The van der Waals surface area contributed by atoms with Crippen molar-refractivity contribution < 1.29 is 4.39 Å². The molecule has 0 fully saturated rings. The van der Waals surface area contributed by atoms with Crippen molar-refractivity contribution in [2.75, 3.05) is 0 Å². The highest BCUT2D eigenvalue weighted by Gasteiger charge is 1.89. The predicted octanol–water partition coefficient (Wildman–Crippen LogP) is 2.00. The van der Waals surface area contributed by atoms with E-state index in [1.807, 2.05) is 0 Å². The summed E-state index contributed by atoms with van der Waals surface area (Å²) in [7, 11) is 0. The highest BCUT2D eigenvalue weighted by atomic mass is 35.5. The number of hydrogen-bond acceptors (Lipinski definition) is 1. The minimum absolute atomic E-state index is 0.728. The van der Waals surface area contributed by atoms with Gasteiger partial charge in [0.1, 0.15) is 0 Å². The highest BCUT2D eigenvalue weighted by molar-refractivity contribution is 8.01. The minimum atomic E-state index is -1.34. The molecule has 0 amide bonds. The topological polar surface area (TPSA) is 0 Å². The molecule has 0 aromatic rings. The maximum atomic E-state index is 11.1. The van der Waals surface area contributed by atoms with E-state index in [1.165, 1.54) is 0 Å². The molecule has 0 N–H and O–H groups in total. The van der Waals surface area contributed by atoms with Crippen molar-refractivity contribution in [1.82, 2.24) is 0 Å². The zero-order valence-corrected chi connectivity index (χ0v) is 4.02. The van der Waals surface area contributed by atoms with Crippen LogP contribution >= 0.6 is 23.4 Å². The highest BCUT2D eigenvalue weighted by Crippen LogP contribution is 2.12. The normalized spacial score (nSPS) is 15.0. The average Bonchev–Trinajstić information content (AvgIpc) is 1.38. The van der Waals surface area contributed by atoms with Crippen LogP contribution in [0.2, 0.25) is 0 Å². The van der Waals surface area contributed by atoms with E-state index in [4.69, 9.17) is 11.6 Å². The quantitative estimate of drug-likeness (QED) is 0.469. The SMILES string of the molecule is [CH2]SC(F)Cl. The third-order valence-corrected chi connectivity index (χ3v) is 0.756. The van der Waals surface area contributed by atoms with Gasteiger partial charge in [-0.25, -0.2) is 4.39 Å². The molecule has 0 aliphatic heterocycles. The van der Waals surface area contributed by atoms with Gasteiger partial charge in [-0.05, 0) is 0 Å². The lowest BCUT2D eigenvalue weighted by molar-refractivity contribution is 0.562. The summed E-state index contributed by atoms with van der Waals surface area (Å²) in [6.45, 7) is 0. The Morgan fingerprint density at radius 1 is 2.00 bits per heavy atom. The first-order valence-corrected chi connectivity index (χ1v) is 2.45. The molecule has 0 nitrogen and oxygen atoms in total. The number of rotatable bonds is 1. The molecule has 0 aliphatic carbocycles. The third kappa shape index (κ3) is 4.57. The van der Waals surface area contributed by atoms with Gasteiger partial charge in [-0.2, -0.15) is 0 Å². The molecular formula is C2H3ClFS. The van der Waals surface area contributed by atoms with Crippen LogP contribution in [0.5, 0.6) is 0 Å². The molecule has 0 aliphatic rings. The van der Waals surface area contributed by atoms with Crippen molar-refractivity contribution in [3.8, 4) is 0 Å². The van der Waals surface area contributed by atoms with Gasteiger partial charge in [-0.1, -0.05) is 11.6 Å². The van der Waals surface area contributed by atoms with Crippen molar-refractivity contribution in [2.45, 2.75) is 4.96 Å². The van der Waals surface area contributed by atoms with Crippen LogP contribution in [0.1, 0.15) is 0 Å². The smallest absolute Gasteiger partial charge is 0.218 e. The molecule has 0 saturated carbocycles. The average molecular weight is 114 g/mol. The van der Waals surface area contributed by atoms with Gasteiger partial charge < -0.3 is 0 Å². The lowest BCUT2D eigenvalue weighted by atomic mass is 11.8. The Morgan fingerprint density at radius 2 is 2.20 bits per heavy atom. The van der Waals surface area contributed by atoms with Gasteiger partial charge in [0, 0.05) is 6.26 Å². The zero-order chi connectivity index (χ0) is 4.28. The molecule has 31 valence electrons. The van der Waals surface area contributed by atoms with Gasteiger partial charge in [-0.3, -0.25) is 0 Å². The molecule has 1 radical (unpaired) electrons. The number of alkyl halides is 2. The molecule has 1 unspecified atom stereocenters. The van der Waals surface area contributed by atoms with Crippen LogP contribution in [0.4, 0.5) is 4.39 Å². The summed E-state index contributed by atoms with van der Waals surface area (Å²) in [5.41, 5.74) is 0. The van der Waals surface area contributed by atoms with E-state index >= 15 is 0 Å². The van der Waals surface area contributed by atoms with E-state index in [9.17, 15) is 4.39 Å². The molecule has 0 rings (SSSR count). The van der Waals surface area contributed by atoms with E-state index in [0.717, 1.165) is 11.8 Å². The van der Waals surface area contributed by atoms with Crippen LogP contribution in [-0.4, -0.2) is 4.96 Å². The first-order chi connectivity index (χ1) is 2.27. The molecule has 0 aromatic heterocycles. The Morgan fingerprint density at radius 3 is 2.20 bits per heavy atom. The maximum absolute atomic E-state index is 11.1. The lowest BCUT2D eigenvalue weighted by Crippen LogP contribution is -1.67. The van der Waals surface area contributed by atoms with E-state index < -0.39 is 4.96 Å². The molecule has 0 bridgehead atoms. The summed E-state index contributed by atoms with van der Waals surface area (Å²) in [4.78, 5) is -1.34. The van der Waals surface area contributed by atoms with Gasteiger partial charge in [0.05, 0.1) is 0 Å². The second-order valence-electron chi connectivity index (χ2n) is 0.427. The third-order valence-electron chi connectivity index (χ3n) is 0.126. The molecule has 0 aromatic carbocycles. The Balaban J connectivity index is 2.54. The van der Waals surface area contributed by atoms with Gasteiger partial charge in [0.2, 0.25) is 4.96 Å². The van der Waals surface area contributed by atoms with Crippen LogP contribution in [-0.2, 0) is 0 Å². The molecule has 0 heterocycles. The molecule has 3 heteroatoms. The van der Waals surface area contributed by atoms with E-state index in [2.05, 4.69) is 6.26 Å².